The molecule has 290 valence electrons. The van der Waals surface area contributed by atoms with E-state index in [2.05, 4.69) is 37.7 Å². The number of aromatic nitrogens is 5. The summed E-state index contributed by atoms with van der Waals surface area (Å²) in [5.74, 6) is -3.92. The Morgan fingerprint density at radius 3 is 2.63 bits per heavy atom. The van der Waals surface area contributed by atoms with Gasteiger partial charge in [-0.3, -0.25) is 36.5 Å². The van der Waals surface area contributed by atoms with Gasteiger partial charge >= 0.3 is 65.3 Å². The van der Waals surface area contributed by atoms with E-state index in [-0.39, 0.29) is 122 Å². The topological polar surface area (TPSA) is 286 Å². The van der Waals surface area contributed by atoms with Gasteiger partial charge in [-0.05, 0) is 12.1 Å². The first kappa shape index (κ1) is 46.3. The van der Waals surface area contributed by atoms with Gasteiger partial charge in [0, 0.05) is 42.1 Å². The van der Waals surface area contributed by atoms with Crippen LogP contribution in [0.5, 0.6) is 11.5 Å². The Balaban J connectivity index is 0.00000140. The summed E-state index contributed by atoms with van der Waals surface area (Å²) in [6.07, 6.45) is 0.0965. The summed E-state index contributed by atoms with van der Waals surface area (Å²) in [7, 11) is 0. The number of rotatable bonds is 11. The number of phenols is 2. The average molecular weight is 861 g/mol. The maximum atomic E-state index is 13.9. The van der Waals surface area contributed by atoms with Crippen molar-refractivity contribution in [2.75, 3.05) is 44.2 Å². The van der Waals surface area contributed by atoms with Crippen LogP contribution >= 0.6 is 34.7 Å². The zero-order chi connectivity index (χ0) is 39.6. The molecule has 5 atom stereocenters. The molecular weight excluding hydrogens is 830 g/mol. The molecule has 4 aliphatic rings. The molecule has 0 radical (unpaired) electrons. The number of nitrogen functional groups attached to an aromatic ring is 1. The number of nitrogens with two attached hydrogens (primary N) is 1. The number of phenolic OH excluding ortho intramolecular Hbond substituents is 2. The fourth-order valence-electron chi connectivity index (χ4n) is 7.35. The molecule has 4 N–H and O–H groups in total. The number of carboxylic acid groups (broad SMARTS) is 1. The summed E-state index contributed by atoms with van der Waals surface area (Å²) < 4.78 is 0.684. The Hall–Kier alpha value is -3.41. The number of aromatic hydroxyl groups is 2. The Morgan fingerprint density at radius 1 is 1.25 bits per heavy atom. The number of carboxylic acids is 1. The molecule has 3 aromatic rings. The predicted octanol–water partition coefficient (Wildman–Crippen LogP) is -6.93. The third kappa shape index (κ3) is 9.41. The van der Waals surface area contributed by atoms with Crippen molar-refractivity contribution in [3.8, 4) is 11.5 Å². The maximum Gasteiger partial charge on any atom is 1.00 e. The number of thioether (sulfide) groups is 1. The molecule has 2 amide bonds. The van der Waals surface area contributed by atoms with Crippen LogP contribution in [0.3, 0.4) is 0 Å². The number of aliphatic carboxylic acids is 1. The number of anilines is 1. The van der Waals surface area contributed by atoms with Gasteiger partial charge in [0.05, 0.1) is 65.5 Å². The summed E-state index contributed by atoms with van der Waals surface area (Å²) in [5.41, 5.74) is 7.07. The number of benzene rings is 1. The van der Waals surface area contributed by atoms with Crippen LogP contribution in [-0.4, -0.2) is 136 Å². The minimum atomic E-state index is -1.69. The second-order valence-corrected chi connectivity index (χ2v) is 15.3. The first-order chi connectivity index (χ1) is 26.3. The number of ketones is 1. The van der Waals surface area contributed by atoms with Crippen LogP contribution in [0.25, 0.3) is 5.70 Å². The van der Waals surface area contributed by atoms with Gasteiger partial charge in [0.15, 0.2) is 28.1 Å². The number of nitrogens with zero attached hydrogens (tertiary/aromatic N) is 9. The standard InChI is InChI=1S/C31H33ClN10O8S2.CO2.2Na/c1-14(30(48)49)50-37-23(19-13-52-31(33)34-19)21(44)9-18-28(47)41-24(26-35-38-39-36-26)15(12-51-29(18)41)11-42-7-2-3-16(42)10-40(6-8-42)27(46)17-4-5-20(43)25(45)22(17)32;2-1-3;;/h4-5,13-14,16,18,29H,1-3,6-12H2,(H6,33,34,35,36,37,38,39,43,44,45,46,48,49);;;/q;;2*+1/p-2/t14-,16-,18+,29+,42?;;;/m0.../s1. The smallest absolute Gasteiger partial charge is 0.549 e. The zero-order valence-electron chi connectivity index (χ0n) is 30.6. The van der Waals surface area contributed by atoms with E-state index in [1.54, 1.807) is 9.80 Å². The molecule has 3 saturated heterocycles. The molecular formula is C32H31ClN10Na2O10S2. The predicted molar refractivity (Wildman–Crippen MR) is 188 cm³/mol. The number of oxime groups is 1. The maximum absolute atomic E-state index is 13.9. The van der Waals surface area contributed by atoms with Gasteiger partial charge in [-0.2, -0.15) is 14.8 Å². The van der Waals surface area contributed by atoms with Crippen molar-refractivity contribution in [3.63, 3.8) is 0 Å². The normalized spacial score (nSPS) is 22.9. The van der Waals surface area contributed by atoms with E-state index < -0.39 is 40.6 Å². The Morgan fingerprint density at radius 2 is 1.98 bits per heavy atom. The van der Waals surface area contributed by atoms with Gasteiger partial charge < -0.3 is 45.2 Å². The fourth-order valence-corrected chi connectivity index (χ4v) is 9.54. The Kier molecular flexibility index (Phi) is 15.9. The van der Waals surface area contributed by atoms with E-state index >= 15 is 0 Å². The number of tetrazole rings is 1. The summed E-state index contributed by atoms with van der Waals surface area (Å²) in [4.78, 5) is 80.6. The third-order valence-corrected chi connectivity index (χ3v) is 12.4. The molecule has 3 fully saturated rings. The van der Waals surface area contributed by atoms with Crippen molar-refractivity contribution in [1.82, 2.24) is 35.4 Å². The van der Waals surface area contributed by atoms with Gasteiger partial charge in [0.1, 0.15) is 18.3 Å². The number of halogens is 1. The number of hydrogen-bond donors (Lipinski definition) is 3. The third-order valence-electron chi connectivity index (χ3n) is 9.94. The molecule has 0 bridgehead atoms. The van der Waals surface area contributed by atoms with Crippen molar-refractivity contribution in [2.45, 2.75) is 36.8 Å². The van der Waals surface area contributed by atoms with Gasteiger partial charge in [0.2, 0.25) is 5.91 Å². The van der Waals surface area contributed by atoms with Crippen molar-refractivity contribution in [2.24, 2.45) is 11.1 Å². The quantitative estimate of drug-likeness (QED) is 0.0307. The zero-order valence-corrected chi connectivity index (χ0v) is 37.0. The summed E-state index contributed by atoms with van der Waals surface area (Å²) >= 11 is 8.77. The number of Topliss-reactive ketones (excluding diaryl/α,β-unsaturated/α-hetero) is 1. The number of carbonyl (C=O) groups excluding carboxylic acids is 6. The minimum absolute atomic E-state index is 0. The molecule has 6 heterocycles. The van der Waals surface area contributed by atoms with E-state index in [0.717, 1.165) is 36.3 Å². The molecule has 2 aromatic heterocycles. The first-order valence-electron chi connectivity index (χ1n) is 16.5. The SMILES string of the molecule is O=C=O.[CH2-][C@H](O/N=C(\C(=O)C[C@@H]1C(=O)N2C(c3nnn[n-]3)=C(C[N+]34CCC[C@H]3CN(C(=O)c3ccc(O)c(O)c3Cl)CC4)CS[C@H]12)c1csc(N)n1)C(=O)[O-].[Na+].[Na+]. The molecule has 25 heteroatoms. The average Bonchev–Trinajstić information content (AvgIpc) is 3.94. The van der Waals surface area contributed by atoms with E-state index in [9.17, 15) is 34.5 Å². The van der Waals surface area contributed by atoms with Gasteiger partial charge in [-0.15, -0.1) is 23.1 Å². The molecule has 0 aliphatic carbocycles. The van der Waals surface area contributed by atoms with Crippen LogP contribution < -0.4 is 75.1 Å². The van der Waals surface area contributed by atoms with Gasteiger partial charge in [-0.1, -0.05) is 16.8 Å². The number of hydrogen-bond acceptors (Lipinski definition) is 18. The number of amides is 2. The Bertz CT molecular complexity index is 2120. The number of piperazine rings is 1. The summed E-state index contributed by atoms with van der Waals surface area (Å²) in [6, 6.07) is 2.72. The van der Waals surface area contributed by atoms with Crippen molar-refractivity contribution in [3.05, 3.63) is 52.1 Å². The van der Waals surface area contributed by atoms with Gasteiger partial charge in [0.25, 0.3) is 5.91 Å². The van der Waals surface area contributed by atoms with Crippen molar-refractivity contribution >= 4 is 81.0 Å². The largest absolute Gasteiger partial charge is 1.00 e. The second kappa shape index (κ2) is 19.6. The fraction of sp³-hybridized carbons (Fsp3) is 0.406. The number of carbonyl (C=O) groups is 4. The van der Waals surface area contributed by atoms with Crippen LogP contribution in [0.1, 0.15) is 41.1 Å². The van der Waals surface area contributed by atoms with Crippen LogP contribution in [-0.2, 0) is 28.8 Å². The summed E-state index contributed by atoms with van der Waals surface area (Å²) in [6.45, 7) is 6.21. The van der Waals surface area contributed by atoms with E-state index in [0.29, 0.717) is 42.1 Å². The Labute approximate surface area is 381 Å². The van der Waals surface area contributed by atoms with E-state index in [4.69, 9.17) is 31.8 Å². The molecule has 1 unspecified atom stereocenters. The number of fused-ring (bicyclic) bond motifs is 2. The van der Waals surface area contributed by atoms with Crippen molar-refractivity contribution in [1.29, 1.82) is 0 Å². The second-order valence-electron chi connectivity index (χ2n) is 13.0. The van der Waals surface area contributed by atoms with Crippen LogP contribution in [0.2, 0.25) is 5.02 Å². The van der Waals surface area contributed by atoms with Crippen LogP contribution in [0, 0.1) is 12.8 Å². The molecule has 57 heavy (non-hydrogen) atoms. The van der Waals surface area contributed by atoms with E-state index in [1.807, 2.05) is 0 Å². The molecule has 0 spiro atoms. The van der Waals surface area contributed by atoms with Gasteiger partial charge in [-0.25, -0.2) is 4.98 Å². The number of quaternary nitrogens is 1. The molecule has 7 rings (SSSR count). The molecule has 1 aromatic carbocycles. The molecule has 4 aliphatic heterocycles. The van der Waals surface area contributed by atoms with E-state index in [1.165, 1.54) is 29.3 Å². The van der Waals surface area contributed by atoms with Crippen LogP contribution in [0.15, 0.2) is 28.2 Å². The minimum Gasteiger partial charge on any atom is -0.549 e. The summed E-state index contributed by atoms with van der Waals surface area (Å²) in [5, 5.41) is 51.2. The number of thiazole rings is 1. The molecule has 0 saturated carbocycles. The monoisotopic (exact) mass is 860 g/mol. The number of β-lactam (4-membered cyclic amide) rings is 1. The first-order valence-corrected chi connectivity index (χ1v) is 18.8. The van der Waals surface area contributed by atoms with Crippen LogP contribution in [0.4, 0.5) is 5.13 Å². The molecule has 20 nitrogen and oxygen atoms in total. The van der Waals surface area contributed by atoms with Crippen molar-refractivity contribution < 1.29 is 113 Å².